The summed E-state index contributed by atoms with van der Waals surface area (Å²) in [5, 5.41) is 0. The lowest BCUT2D eigenvalue weighted by molar-refractivity contribution is 0.0865. The first kappa shape index (κ1) is 19.1. The van der Waals surface area contributed by atoms with Gasteiger partial charge in [0.1, 0.15) is 4.90 Å². The Balaban J connectivity index is 1.64. The van der Waals surface area contributed by atoms with Crippen LogP contribution in [0.1, 0.15) is 35.2 Å². The number of fused-ring (bicyclic) bond motifs is 1. The number of nitrogens with zero attached hydrogens (tertiary/aromatic N) is 2. The highest BCUT2D eigenvalue weighted by atomic mass is 32.2. The van der Waals surface area contributed by atoms with Crippen molar-refractivity contribution < 1.29 is 21.6 Å². The minimum absolute atomic E-state index is 0.0166. The predicted octanol–water partition coefficient (Wildman–Crippen LogP) is 2.21. The molecule has 0 spiro atoms. The van der Waals surface area contributed by atoms with E-state index >= 15 is 0 Å². The summed E-state index contributed by atoms with van der Waals surface area (Å²) in [4.78, 5) is 12.7. The van der Waals surface area contributed by atoms with E-state index in [0.717, 1.165) is 23.6 Å². The highest BCUT2D eigenvalue weighted by Crippen LogP contribution is 2.31. The van der Waals surface area contributed by atoms with Gasteiger partial charge in [-0.2, -0.15) is 4.31 Å². The second kappa shape index (κ2) is 6.98. The number of rotatable bonds is 4. The van der Waals surface area contributed by atoms with Gasteiger partial charge in [-0.05, 0) is 42.7 Å². The zero-order chi connectivity index (χ0) is 19.9. The molecular weight excluding hydrogens is 400 g/mol. The van der Waals surface area contributed by atoms with Crippen LogP contribution in [0.5, 0.6) is 0 Å². The van der Waals surface area contributed by atoms with Crippen molar-refractivity contribution in [1.29, 1.82) is 0 Å². The van der Waals surface area contributed by atoms with Crippen LogP contribution in [0, 0.1) is 0 Å². The molecule has 148 valence electrons. The molecule has 2 aromatic rings. The van der Waals surface area contributed by atoms with Gasteiger partial charge in [0.05, 0.1) is 17.0 Å². The van der Waals surface area contributed by atoms with Gasteiger partial charge in [0, 0.05) is 13.1 Å². The fraction of sp³-hybridized carbons (Fsp3) is 0.316. The SMILES string of the molecule is O=C1c2ccccc2S(=O)(=O)N1Cc1cccc(S(=O)(=O)N2CCCCC2)c1. The van der Waals surface area contributed by atoms with Crippen LogP contribution in [0.25, 0.3) is 0 Å². The third kappa shape index (κ3) is 3.13. The maximum atomic E-state index is 12.9. The third-order valence-electron chi connectivity index (χ3n) is 5.09. The Bertz CT molecular complexity index is 1140. The number of sulfonamides is 2. The van der Waals surface area contributed by atoms with Gasteiger partial charge in [-0.15, -0.1) is 0 Å². The normalized spacial score (nSPS) is 19.6. The van der Waals surface area contributed by atoms with Crippen LogP contribution in [0.4, 0.5) is 0 Å². The van der Waals surface area contributed by atoms with Gasteiger partial charge in [0.15, 0.2) is 0 Å². The molecule has 0 N–H and O–H groups in total. The molecule has 1 amide bonds. The molecule has 1 fully saturated rings. The van der Waals surface area contributed by atoms with Crippen LogP contribution in [-0.4, -0.2) is 44.4 Å². The monoisotopic (exact) mass is 420 g/mol. The van der Waals surface area contributed by atoms with Crippen molar-refractivity contribution in [2.75, 3.05) is 13.1 Å². The molecule has 0 radical (unpaired) electrons. The Morgan fingerprint density at radius 1 is 0.929 bits per heavy atom. The number of carbonyl (C=O) groups is 1. The third-order valence-corrected chi connectivity index (χ3v) is 8.77. The van der Waals surface area contributed by atoms with Crippen molar-refractivity contribution in [3.8, 4) is 0 Å². The molecule has 9 heteroatoms. The van der Waals surface area contributed by atoms with E-state index in [1.807, 2.05) is 0 Å². The van der Waals surface area contributed by atoms with E-state index in [1.54, 1.807) is 24.3 Å². The first-order valence-electron chi connectivity index (χ1n) is 9.07. The topological polar surface area (TPSA) is 91.8 Å². The molecule has 0 saturated carbocycles. The van der Waals surface area contributed by atoms with Gasteiger partial charge >= 0.3 is 0 Å². The summed E-state index contributed by atoms with van der Waals surface area (Å²) in [6, 6.07) is 12.2. The van der Waals surface area contributed by atoms with Crippen LogP contribution in [0.3, 0.4) is 0 Å². The number of hydrogen-bond donors (Lipinski definition) is 0. The quantitative estimate of drug-likeness (QED) is 0.756. The van der Waals surface area contributed by atoms with E-state index < -0.39 is 26.0 Å². The van der Waals surface area contributed by atoms with Crippen LogP contribution in [0.2, 0.25) is 0 Å². The predicted molar refractivity (Wildman–Crippen MR) is 103 cm³/mol. The van der Waals surface area contributed by atoms with Crippen molar-refractivity contribution in [1.82, 2.24) is 8.61 Å². The summed E-state index contributed by atoms with van der Waals surface area (Å²) in [6.45, 7) is 0.765. The van der Waals surface area contributed by atoms with Crippen LogP contribution < -0.4 is 0 Å². The van der Waals surface area contributed by atoms with Gasteiger partial charge in [0.2, 0.25) is 10.0 Å². The van der Waals surface area contributed by atoms with Crippen molar-refractivity contribution in [2.24, 2.45) is 0 Å². The van der Waals surface area contributed by atoms with Crippen molar-refractivity contribution >= 4 is 26.0 Å². The van der Waals surface area contributed by atoms with Crippen molar-refractivity contribution in [3.05, 3.63) is 59.7 Å². The second-order valence-corrected chi connectivity index (χ2v) is 10.7. The Kier molecular flexibility index (Phi) is 4.76. The van der Waals surface area contributed by atoms with E-state index in [0.29, 0.717) is 18.7 Å². The Morgan fingerprint density at radius 2 is 1.64 bits per heavy atom. The molecule has 7 nitrogen and oxygen atoms in total. The molecule has 1 saturated heterocycles. The number of amides is 1. The minimum atomic E-state index is -3.94. The minimum Gasteiger partial charge on any atom is -0.268 e. The van der Waals surface area contributed by atoms with Gasteiger partial charge in [-0.3, -0.25) is 4.79 Å². The fourth-order valence-corrected chi connectivity index (χ4v) is 6.76. The molecule has 0 bridgehead atoms. The molecule has 4 rings (SSSR count). The molecule has 28 heavy (non-hydrogen) atoms. The summed E-state index contributed by atoms with van der Waals surface area (Å²) in [7, 11) is -7.57. The number of benzene rings is 2. The van der Waals surface area contributed by atoms with E-state index in [2.05, 4.69) is 0 Å². The van der Waals surface area contributed by atoms with Crippen molar-refractivity contribution in [3.63, 3.8) is 0 Å². The lowest BCUT2D eigenvalue weighted by Gasteiger charge is -2.26. The molecule has 2 heterocycles. The van der Waals surface area contributed by atoms with Crippen LogP contribution in [0.15, 0.2) is 58.3 Å². The van der Waals surface area contributed by atoms with Crippen LogP contribution >= 0.6 is 0 Å². The Labute approximate surface area is 164 Å². The zero-order valence-corrected chi connectivity index (χ0v) is 16.7. The lowest BCUT2D eigenvalue weighted by atomic mass is 10.2. The molecule has 0 aliphatic carbocycles. The molecule has 2 aliphatic heterocycles. The van der Waals surface area contributed by atoms with E-state index in [1.165, 1.54) is 28.6 Å². The number of hydrogen-bond acceptors (Lipinski definition) is 5. The van der Waals surface area contributed by atoms with Gasteiger partial charge in [0.25, 0.3) is 15.9 Å². The second-order valence-electron chi connectivity index (χ2n) is 6.93. The Morgan fingerprint density at radius 3 is 2.36 bits per heavy atom. The summed E-state index contributed by atoms with van der Waals surface area (Å²) in [5.41, 5.74) is 0.586. The average Bonchev–Trinajstić information content (AvgIpc) is 2.90. The summed E-state index contributed by atoms with van der Waals surface area (Å²) < 4.78 is 53.4. The van der Waals surface area contributed by atoms with E-state index in [4.69, 9.17) is 0 Å². The van der Waals surface area contributed by atoms with Gasteiger partial charge in [-0.25, -0.2) is 21.1 Å². The van der Waals surface area contributed by atoms with Crippen molar-refractivity contribution in [2.45, 2.75) is 35.6 Å². The first-order valence-corrected chi connectivity index (χ1v) is 11.9. The highest BCUT2D eigenvalue weighted by Gasteiger charge is 2.40. The number of carbonyl (C=O) groups excluding carboxylic acids is 1. The Hall–Kier alpha value is -2.23. The van der Waals surface area contributed by atoms with E-state index in [9.17, 15) is 21.6 Å². The van der Waals surface area contributed by atoms with Gasteiger partial charge < -0.3 is 0 Å². The molecular formula is C19H20N2O5S2. The molecule has 2 aromatic carbocycles. The van der Waals surface area contributed by atoms with Crippen LogP contribution in [-0.2, 0) is 26.6 Å². The first-order chi connectivity index (χ1) is 13.3. The fourth-order valence-electron chi connectivity index (χ4n) is 3.61. The largest absolute Gasteiger partial charge is 0.269 e. The average molecular weight is 421 g/mol. The lowest BCUT2D eigenvalue weighted by Crippen LogP contribution is -2.35. The molecule has 2 aliphatic rings. The summed E-state index contributed by atoms with van der Waals surface area (Å²) in [6.07, 6.45) is 2.68. The number of piperidine rings is 1. The van der Waals surface area contributed by atoms with Gasteiger partial charge in [-0.1, -0.05) is 30.7 Å². The summed E-state index contributed by atoms with van der Waals surface area (Å²) in [5.74, 6) is -0.597. The maximum absolute atomic E-state index is 12.9. The standard InChI is InChI=1S/C19H20N2O5S2/c22-19-17-9-2-3-10-18(17)28(25,26)21(19)14-15-7-6-8-16(13-15)27(23,24)20-11-4-1-5-12-20/h2-3,6-10,13H,1,4-5,11-12,14H2. The molecule has 0 unspecified atom stereocenters. The molecule has 0 atom stereocenters. The molecule has 0 aromatic heterocycles. The zero-order valence-electron chi connectivity index (χ0n) is 15.1. The smallest absolute Gasteiger partial charge is 0.268 e. The highest BCUT2D eigenvalue weighted by molar-refractivity contribution is 7.90. The maximum Gasteiger partial charge on any atom is 0.269 e. The summed E-state index contributed by atoms with van der Waals surface area (Å²) >= 11 is 0. The van der Waals surface area contributed by atoms with E-state index in [-0.39, 0.29) is 21.9 Å².